The van der Waals surface area contributed by atoms with E-state index >= 15 is 0 Å². The molecule has 5 fully saturated rings. The van der Waals surface area contributed by atoms with Gasteiger partial charge in [0, 0.05) is 5.41 Å². The minimum Gasteiger partial charge on any atom is -0.481 e. The Labute approximate surface area is 237 Å². The molecule has 0 aromatic rings. The van der Waals surface area contributed by atoms with Gasteiger partial charge in [-0.05, 0) is 131 Å². The Morgan fingerprint density at radius 2 is 1.56 bits per heavy atom. The van der Waals surface area contributed by atoms with Crippen molar-refractivity contribution in [2.45, 2.75) is 112 Å². The lowest BCUT2D eigenvalue weighted by Crippen LogP contribution is -2.67. The summed E-state index contributed by atoms with van der Waals surface area (Å²) in [5, 5.41) is 10.6. The SMILES string of the molecule is C=C(C)[C@@H]1CC[C@]2(C(=O)O)CC[C@]3(C)C(CCC4[C@@]5(C)CC[C@H](OC(=O)CN(C)C)C(C)(C)C5CC[C@]43C)C12. The molecule has 5 rings (SSSR count). The fourth-order valence-corrected chi connectivity index (χ4v) is 12.2. The monoisotopic (exact) mass is 541 g/mol. The molecule has 5 saturated carbocycles. The van der Waals surface area contributed by atoms with Crippen LogP contribution in [0.15, 0.2) is 12.2 Å². The van der Waals surface area contributed by atoms with Gasteiger partial charge in [0.15, 0.2) is 0 Å². The Morgan fingerprint density at radius 3 is 2.18 bits per heavy atom. The van der Waals surface area contributed by atoms with Crippen LogP contribution >= 0.6 is 0 Å². The van der Waals surface area contributed by atoms with Crippen LogP contribution in [0, 0.1) is 56.7 Å². The van der Waals surface area contributed by atoms with Crippen LogP contribution in [-0.2, 0) is 14.3 Å². The van der Waals surface area contributed by atoms with Gasteiger partial charge in [-0.25, -0.2) is 0 Å². The number of ether oxygens (including phenoxy) is 1. The zero-order valence-electron chi connectivity index (χ0n) is 26.1. The Morgan fingerprint density at radius 1 is 0.872 bits per heavy atom. The quantitative estimate of drug-likeness (QED) is 0.294. The molecule has 0 aromatic carbocycles. The highest BCUT2D eigenvalue weighted by Gasteiger charge is 2.72. The normalized spacial score (nSPS) is 48.3. The maximum Gasteiger partial charge on any atom is 0.320 e. The molecule has 220 valence electrons. The van der Waals surface area contributed by atoms with Gasteiger partial charge in [0.1, 0.15) is 6.10 Å². The first-order chi connectivity index (χ1) is 18.0. The van der Waals surface area contributed by atoms with E-state index in [4.69, 9.17) is 4.74 Å². The largest absolute Gasteiger partial charge is 0.481 e. The first-order valence-electron chi connectivity index (χ1n) is 15.8. The van der Waals surface area contributed by atoms with E-state index in [0.29, 0.717) is 30.2 Å². The molecule has 0 bridgehead atoms. The Bertz CT molecular complexity index is 1030. The van der Waals surface area contributed by atoms with Crippen LogP contribution in [0.4, 0.5) is 0 Å². The van der Waals surface area contributed by atoms with E-state index in [-0.39, 0.29) is 39.7 Å². The molecule has 0 aliphatic heterocycles. The predicted octanol–water partition coefficient (Wildman–Crippen LogP) is 7.20. The van der Waals surface area contributed by atoms with Crippen molar-refractivity contribution in [1.29, 1.82) is 0 Å². The third-order valence-electron chi connectivity index (χ3n) is 14.2. The molecular weight excluding hydrogens is 486 g/mol. The van der Waals surface area contributed by atoms with Crippen LogP contribution in [0.1, 0.15) is 106 Å². The minimum absolute atomic E-state index is 0.0278. The number of rotatable bonds is 5. The molecule has 0 saturated heterocycles. The molecule has 5 heteroatoms. The summed E-state index contributed by atoms with van der Waals surface area (Å²) in [5.74, 6) is 1.48. The lowest BCUT2D eigenvalue weighted by Gasteiger charge is -2.72. The first-order valence-corrected chi connectivity index (χ1v) is 15.8. The van der Waals surface area contributed by atoms with Crippen LogP contribution in [0.25, 0.3) is 0 Å². The lowest BCUT2D eigenvalue weighted by atomic mass is 9.32. The topological polar surface area (TPSA) is 66.8 Å². The molecule has 0 radical (unpaired) electrons. The number of hydrogen-bond acceptors (Lipinski definition) is 4. The van der Waals surface area contributed by atoms with Gasteiger partial charge in [0.2, 0.25) is 0 Å². The molecule has 1 N–H and O–H groups in total. The van der Waals surface area contributed by atoms with Crippen molar-refractivity contribution in [3.05, 3.63) is 12.2 Å². The number of hydrogen-bond donors (Lipinski definition) is 1. The van der Waals surface area contributed by atoms with Crippen LogP contribution in [0.5, 0.6) is 0 Å². The van der Waals surface area contributed by atoms with Gasteiger partial charge in [-0.2, -0.15) is 0 Å². The molecule has 0 spiro atoms. The number of allylic oxidation sites excluding steroid dienone is 1. The standard InChI is InChI=1S/C34H55NO4/c1-21(2)22-12-17-34(29(37)38)19-18-32(6)23(28(22)34)10-11-25-31(5)15-14-26(39-27(36)20-35(8)9)30(3,4)24(31)13-16-33(25,32)7/h22-26,28H,1,10-20H2,2-9H3,(H,37,38)/t22-,23?,24?,25?,26-,28?,31-,32+,33+,34-/m0/s1. The number of carboxylic acids is 1. The van der Waals surface area contributed by atoms with Gasteiger partial charge in [0.05, 0.1) is 12.0 Å². The Hall–Kier alpha value is -1.36. The van der Waals surface area contributed by atoms with Crippen molar-refractivity contribution >= 4 is 11.9 Å². The van der Waals surface area contributed by atoms with Crippen molar-refractivity contribution in [3.8, 4) is 0 Å². The third-order valence-corrected chi connectivity index (χ3v) is 14.2. The highest BCUT2D eigenvalue weighted by atomic mass is 16.5. The predicted molar refractivity (Wildman–Crippen MR) is 155 cm³/mol. The summed E-state index contributed by atoms with van der Waals surface area (Å²) in [6.45, 7) is 19.3. The number of aliphatic carboxylic acids is 1. The van der Waals surface area contributed by atoms with E-state index in [1.165, 1.54) is 24.8 Å². The molecule has 10 atom stereocenters. The van der Waals surface area contributed by atoms with Crippen LogP contribution in [-0.4, -0.2) is 48.7 Å². The number of carboxylic acid groups (broad SMARTS) is 1. The fraction of sp³-hybridized carbons (Fsp3) is 0.882. The van der Waals surface area contributed by atoms with Crippen molar-refractivity contribution in [2.24, 2.45) is 56.7 Å². The minimum atomic E-state index is -0.561. The number of esters is 1. The summed E-state index contributed by atoms with van der Waals surface area (Å²) in [4.78, 5) is 27.4. The molecule has 0 aromatic heterocycles. The van der Waals surface area contributed by atoms with E-state index < -0.39 is 11.4 Å². The van der Waals surface area contributed by atoms with Crippen LogP contribution in [0.2, 0.25) is 0 Å². The summed E-state index contributed by atoms with van der Waals surface area (Å²) in [5.41, 5.74) is 1.12. The molecule has 0 amide bonds. The van der Waals surface area contributed by atoms with E-state index in [0.717, 1.165) is 44.9 Å². The van der Waals surface area contributed by atoms with Crippen molar-refractivity contribution in [1.82, 2.24) is 4.90 Å². The van der Waals surface area contributed by atoms with Gasteiger partial charge < -0.3 is 9.84 Å². The number of nitrogens with zero attached hydrogens (tertiary/aromatic N) is 1. The van der Waals surface area contributed by atoms with Gasteiger partial charge in [0.25, 0.3) is 0 Å². The summed E-state index contributed by atoms with van der Waals surface area (Å²) >= 11 is 0. The number of fused-ring (bicyclic) bond motifs is 7. The smallest absolute Gasteiger partial charge is 0.320 e. The maximum absolute atomic E-state index is 12.9. The average Bonchev–Trinajstić information content (AvgIpc) is 3.22. The highest BCUT2D eigenvalue weighted by Crippen LogP contribution is 2.77. The van der Waals surface area contributed by atoms with E-state index in [1.54, 1.807) is 0 Å². The van der Waals surface area contributed by atoms with E-state index in [1.807, 2.05) is 19.0 Å². The summed E-state index contributed by atoms with van der Waals surface area (Å²) in [6.07, 6.45) is 10.4. The van der Waals surface area contributed by atoms with E-state index in [2.05, 4.69) is 48.1 Å². The number of carbonyl (C=O) groups excluding carboxylic acids is 1. The highest BCUT2D eigenvalue weighted by molar-refractivity contribution is 5.76. The number of carbonyl (C=O) groups is 2. The molecule has 5 aliphatic rings. The zero-order valence-corrected chi connectivity index (χ0v) is 26.1. The van der Waals surface area contributed by atoms with Gasteiger partial charge in [-0.1, -0.05) is 46.8 Å². The summed E-state index contributed by atoms with van der Waals surface area (Å²) < 4.78 is 6.15. The van der Waals surface area contributed by atoms with Crippen LogP contribution < -0.4 is 0 Å². The fourth-order valence-electron chi connectivity index (χ4n) is 12.2. The van der Waals surface area contributed by atoms with Crippen molar-refractivity contribution in [3.63, 3.8) is 0 Å². The zero-order chi connectivity index (χ0) is 28.8. The molecule has 39 heavy (non-hydrogen) atoms. The lowest BCUT2D eigenvalue weighted by molar-refractivity contribution is -0.250. The van der Waals surface area contributed by atoms with Gasteiger partial charge in [-0.3, -0.25) is 14.5 Å². The Balaban J connectivity index is 1.46. The molecule has 5 aliphatic carbocycles. The number of likely N-dealkylation sites (N-methyl/N-ethyl adjacent to an activating group) is 1. The van der Waals surface area contributed by atoms with Gasteiger partial charge in [-0.15, -0.1) is 0 Å². The van der Waals surface area contributed by atoms with Crippen molar-refractivity contribution < 1.29 is 19.4 Å². The average molecular weight is 542 g/mol. The molecular formula is C34H55NO4. The first kappa shape index (κ1) is 29.1. The maximum atomic E-state index is 12.9. The summed E-state index contributed by atoms with van der Waals surface area (Å²) in [7, 11) is 3.83. The molecule has 0 heterocycles. The molecule has 5 nitrogen and oxygen atoms in total. The second-order valence-corrected chi connectivity index (χ2v) is 16.2. The van der Waals surface area contributed by atoms with Crippen LogP contribution in [0.3, 0.4) is 0 Å². The Kier molecular flexibility index (Phi) is 6.97. The molecule has 4 unspecified atom stereocenters. The second-order valence-electron chi connectivity index (χ2n) is 16.2. The summed E-state index contributed by atoms with van der Waals surface area (Å²) in [6, 6.07) is 0. The van der Waals surface area contributed by atoms with Crippen molar-refractivity contribution in [2.75, 3.05) is 20.6 Å². The van der Waals surface area contributed by atoms with E-state index in [9.17, 15) is 14.7 Å². The van der Waals surface area contributed by atoms with Gasteiger partial charge >= 0.3 is 11.9 Å². The third kappa shape index (κ3) is 3.94. The second kappa shape index (κ2) is 9.33.